The molecule has 2 aliphatic rings. The van der Waals surface area contributed by atoms with E-state index in [-0.39, 0.29) is 18.6 Å². The second-order valence-electron chi connectivity index (χ2n) is 3.04. The first-order valence-electron chi connectivity index (χ1n) is 4.88. The highest BCUT2D eigenvalue weighted by molar-refractivity contribution is 4.89. The molecule has 2 rings (SSSR count). The van der Waals surface area contributed by atoms with Crippen molar-refractivity contribution < 1.29 is 7.48 Å². The summed E-state index contributed by atoms with van der Waals surface area (Å²) in [5, 5.41) is 0. The van der Waals surface area contributed by atoms with Crippen LogP contribution in [0.3, 0.4) is 0 Å². The SMILES string of the molecule is [2H]C1CCC2(CCC([2H])O2)C1. The third kappa shape index (κ3) is 0.877. The van der Waals surface area contributed by atoms with E-state index >= 15 is 0 Å². The van der Waals surface area contributed by atoms with Crippen molar-refractivity contribution in [1.82, 2.24) is 0 Å². The molecule has 3 atom stereocenters. The van der Waals surface area contributed by atoms with E-state index in [0.29, 0.717) is 0 Å². The maximum absolute atomic E-state index is 7.55. The summed E-state index contributed by atoms with van der Waals surface area (Å²) in [7, 11) is 0. The van der Waals surface area contributed by atoms with Gasteiger partial charge >= 0.3 is 0 Å². The third-order valence-corrected chi connectivity index (χ3v) is 2.37. The van der Waals surface area contributed by atoms with Crippen LogP contribution in [0.2, 0.25) is 0 Å². The quantitative estimate of drug-likeness (QED) is 0.485. The van der Waals surface area contributed by atoms with Crippen molar-refractivity contribution in [2.75, 3.05) is 6.58 Å². The van der Waals surface area contributed by atoms with Crippen LogP contribution in [0.4, 0.5) is 0 Å². The Balaban J connectivity index is 2.02. The van der Waals surface area contributed by atoms with Crippen LogP contribution in [0.15, 0.2) is 0 Å². The molecule has 1 saturated heterocycles. The molecule has 0 aromatic heterocycles. The first-order chi connectivity index (χ1) is 5.20. The van der Waals surface area contributed by atoms with Crippen molar-refractivity contribution in [3.63, 3.8) is 0 Å². The van der Waals surface area contributed by atoms with Crippen molar-refractivity contribution in [3.05, 3.63) is 0 Å². The molecule has 1 saturated carbocycles. The Labute approximate surface area is 59.2 Å². The van der Waals surface area contributed by atoms with Crippen molar-refractivity contribution in [1.29, 1.82) is 0 Å². The molecule has 0 amide bonds. The minimum Gasteiger partial charge on any atom is -0.375 e. The summed E-state index contributed by atoms with van der Waals surface area (Å²) in [5.74, 6) is 0. The first-order valence-corrected chi connectivity index (χ1v) is 3.73. The third-order valence-electron chi connectivity index (χ3n) is 2.37. The summed E-state index contributed by atoms with van der Waals surface area (Å²) in [4.78, 5) is 0. The van der Waals surface area contributed by atoms with Crippen LogP contribution >= 0.6 is 0 Å². The topological polar surface area (TPSA) is 9.23 Å². The smallest absolute Gasteiger partial charge is 0.0683 e. The first kappa shape index (κ1) is 3.97. The monoisotopic (exact) mass is 128 g/mol. The Morgan fingerprint density at radius 2 is 2.11 bits per heavy atom. The normalized spacial score (nSPS) is 62.2. The molecular weight excluding hydrogens is 112 g/mol. The minimum atomic E-state index is -0.305. The van der Waals surface area contributed by atoms with Crippen LogP contribution in [0.25, 0.3) is 0 Å². The largest absolute Gasteiger partial charge is 0.375 e. The number of hydrogen-bond donors (Lipinski definition) is 0. The molecule has 0 bridgehead atoms. The van der Waals surface area contributed by atoms with Gasteiger partial charge < -0.3 is 4.74 Å². The van der Waals surface area contributed by atoms with E-state index in [0.717, 1.165) is 32.1 Å². The predicted molar refractivity (Wildman–Crippen MR) is 36.4 cm³/mol. The zero-order chi connectivity index (χ0) is 7.90. The van der Waals surface area contributed by atoms with E-state index in [1.165, 1.54) is 0 Å². The summed E-state index contributed by atoms with van der Waals surface area (Å²) >= 11 is 0. The fourth-order valence-corrected chi connectivity index (χ4v) is 1.78. The summed E-state index contributed by atoms with van der Waals surface area (Å²) in [6, 6.07) is 0. The Morgan fingerprint density at radius 1 is 1.22 bits per heavy atom. The van der Waals surface area contributed by atoms with Gasteiger partial charge in [-0.2, -0.15) is 0 Å². The van der Waals surface area contributed by atoms with Crippen molar-refractivity contribution >= 4 is 0 Å². The van der Waals surface area contributed by atoms with E-state index < -0.39 is 0 Å². The van der Waals surface area contributed by atoms with Crippen LogP contribution < -0.4 is 0 Å². The molecule has 0 aromatic carbocycles. The van der Waals surface area contributed by atoms with Gasteiger partial charge in [0.2, 0.25) is 0 Å². The maximum Gasteiger partial charge on any atom is 0.0683 e. The van der Waals surface area contributed by atoms with Gasteiger partial charge in [0.05, 0.1) is 6.97 Å². The standard InChI is InChI=1S/C8H14O/c1-2-5-8(4-1)6-3-7-9-8/h1-7H2/i1D,7D. The molecule has 1 aliphatic carbocycles. The molecule has 0 N–H and O–H groups in total. The highest BCUT2D eigenvalue weighted by Crippen LogP contribution is 2.40. The number of hydrogen-bond acceptors (Lipinski definition) is 1. The lowest BCUT2D eigenvalue weighted by molar-refractivity contribution is 0.0105. The lowest BCUT2D eigenvalue weighted by atomic mass is 9.99. The van der Waals surface area contributed by atoms with Gasteiger partial charge in [0.1, 0.15) is 0 Å². The molecule has 3 unspecified atom stereocenters. The Hall–Kier alpha value is -0.0400. The zero-order valence-electron chi connectivity index (χ0n) is 7.60. The summed E-state index contributed by atoms with van der Waals surface area (Å²) in [6.45, 7) is -0.305. The van der Waals surface area contributed by atoms with Crippen LogP contribution in [-0.2, 0) is 4.74 Å². The van der Waals surface area contributed by atoms with Crippen molar-refractivity contribution in [3.8, 4) is 0 Å². The van der Waals surface area contributed by atoms with E-state index in [1.54, 1.807) is 0 Å². The highest BCUT2D eigenvalue weighted by Gasteiger charge is 2.37. The molecule has 1 aliphatic heterocycles. The van der Waals surface area contributed by atoms with Crippen LogP contribution in [0.1, 0.15) is 41.2 Å². The molecule has 1 nitrogen and oxygen atoms in total. The molecule has 52 valence electrons. The van der Waals surface area contributed by atoms with Gasteiger partial charge in [-0.05, 0) is 25.7 Å². The molecule has 9 heavy (non-hydrogen) atoms. The second-order valence-corrected chi connectivity index (χ2v) is 3.04. The maximum atomic E-state index is 7.55. The van der Waals surface area contributed by atoms with Gasteiger partial charge in [-0.1, -0.05) is 12.8 Å². The van der Waals surface area contributed by atoms with E-state index in [1.807, 2.05) is 0 Å². The lowest BCUT2D eigenvalue weighted by Crippen LogP contribution is -2.21. The Morgan fingerprint density at radius 3 is 2.67 bits per heavy atom. The van der Waals surface area contributed by atoms with E-state index in [2.05, 4.69) is 0 Å². The average Bonchev–Trinajstić information content (AvgIpc) is 2.44. The molecule has 0 radical (unpaired) electrons. The fourth-order valence-electron chi connectivity index (χ4n) is 1.78. The highest BCUT2D eigenvalue weighted by atomic mass is 16.5. The number of rotatable bonds is 0. The summed E-state index contributed by atoms with van der Waals surface area (Å²) in [5.41, 5.74) is -0.0428. The molecule has 1 heteroatoms. The molecule has 1 heterocycles. The average molecular weight is 128 g/mol. The number of ether oxygens (including phenoxy) is 1. The van der Waals surface area contributed by atoms with Gasteiger partial charge in [0, 0.05) is 7.95 Å². The van der Waals surface area contributed by atoms with Crippen LogP contribution in [0.5, 0.6) is 0 Å². The molecule has 0 aromatic rings. The Kier molecular flexibility index (Phi) is 0.873. The predicted octanol–water partition coefficient (Wildman–Crippen LogP) is 2.11. The lowest BCUT2D eigenvalue weighted by Gasteiger charge is -2.20. The zero-order valence-corrected chi connectivity index (χ0v) is 5.60. The van der Waals surface area contributed by atoms with E-state index in [4.69, 9.17) is 7.48 Å². The summed E-state index contributed by atoms with van der Waals surface area (Å²) < 4.78 is 20.5. The summed E-state index contributed by atoms with van der Waals surface area (Å²) in [6.07, 6.45) is 4.79. The molecule has 2 fully saturated rings. The van der Waals surface area contributed by atoms with E-state index in [9.17, 15) is 0 Å². The van der Waals surface area contributed by atoms with Crippen LogP contribution in [-0.4, -0.2) is 12.2 Å². The van der Waals surface area contributed by atoms with Gasteiger partial charge in [-0.25, -0.2) is 0 Å². The fraction of sp³-hybridized carbons (Fsp3) is 1.00. The molecule has 1 spiro atoms. The minimum absolute atomic E-state index is 0.0428. The van der Waals surface area contributed by atoms with Gasteiger partial charge in [-0.15, -0.1) is 0 Å². The molecular formula is C8H14O. The van der Waals surface area contributed by atoms with Crippen molar-refractivity contribution in [2.45, 2.75) is 44.1 Å². The van der Waals surface area contributed by atoms with Gasteiger partial charge in [-0.3, -0.25) is 0 Å². The Bertz CT molecular complexity index is 142. The van der Waals surface area contributed by atoms with Gasteiger partial charge in [0.25, 0.3) is 0 Å². The second kappa shape index (κ2) is 1.98. The van der Waals surface area contributed by atoms with Crippen LogP contribution in [0, 0.1) is 0 Å². The van der Waals surface area contributed by atoms with Gasteiger partial charge in [0.15, 0.2) is 0 Å². The van der Waals surface area contributed by atoms with Crippen molar-refractivity contribution in [2.24, 2.45) is 0 Å².